The molecular formula is C13H19N3. The molecule has 0 amide bonds. The Morgan fingerprint density at radius 3 is 3.00 bits per heavy atom. The Bertz CT molecular complexity index is 459. The van der Waals surface area contributed by atoms with Gasteiger partial charge in [0.1, 0.15) is 5.65 Å². The Morgan fingerprint density at radius 2 is 2.25 bits per heavy atom. The monoisotopic (exact) mass is 217 g/mol. The van der Waals surface area contributed by atoms with Crippen LogP contribution in [0.2, 0.25) is 0 Å². The smallest absolute Gasteiger partial charge is 0.140 e. The van der Waals surface area contributed by atoms with Gasteiger partial charge >= 0.3 is 0 Å². The Balaban J connectivity index is 2.30. The number of hydrogen-bond donors (Lipinski definition) is 1. The summed E-state index contributed by atoms with van der Waals surface area (Å²) in [4.78, 5) is 4.44. The van der Waals surface area contributed by atoms with Crippen LogP contribution < -0.4 is 5.73 Å². The predicted molar refractivity (Wildman–Crippen MR) is 67.1 cm³/mol. The first-order chi connectivity index (χ1) is 7.86. The van der Waals surface area contributed by atoms with Crippen LogP contribution in [0.4, 0.5) is 0 Å². The number of nitrogens with two attached hydrogens (primary N) is 1. The van der Waals surface area contributed by atoms with Gasteiger partial charge in [-0.05, 0) is 24.1 Å². The number of rotatable bonds is 5. The Hall–Kier alpha value is -1.35. The van der Waals surface area contributed by atoms with Gasteiger partial charge in [0.05, 0.1) is 0 Å². The lowest BCUT2D eigenvalue weighted by molar-refractivity contribution is 0.612. The number of fused-ring (bicyclic) bond motifs is 1. The van der Waals surface area contributed by atoms with Crippen molar-refractivity contribution in [2.24, 2.45) is 5.73 Å². The lowest BCUT2D eigenvalue weighted by Crippen LogP contribution is -1.97. The fourth-order valence-corrected chi connectivity index (χ4v) is 2.06. The second-order valence-electron chi connectivity index (χ2n) is 4.13. The summed E-state index contributed by atoms with van der Waals surface area (Å²) in [7, 11) is 0. The molecular weight excluding hydrogens is 198 g/mol. The fraction of sp³-hybridized carbons (Fsp3) is 0.462. The summed E-state index contributed by atoms with van der Waals surface area (Å²) in [6.07, 6.45) is 7.72. The van der Waals surface area contributed by atoms with Crippen molar-refractivity contribution in [3.05, 3.63) is 30.1 Å². The first-order valence-corrected chi connectivity index (χ1v) is 5.99. The molecule has 0 aliphatic heterocycles. The van der Waals surface area contributed by atoms with E-state index in [1.54, 1.807) is 0 Å². The highest BCUT2D eigenvalue weighted by Crippen LogP contribution is 2.19. The third kappa shape index (κ3) is 2.09. The van der Waals surface area contributed by atoms with Crippen LogP contribution in [0.3, 0.4) is 0 Å². The summed E-state index contributed by atoms with van der Waals surface area (Å²) in [6, 6.07) is 4.07. The zero-order valence-electron chi connectivity index (χ0n) is 9.82. The van der Waals surface area contributed by atoms with Crippen molar-refractivity contribution < 1.29 is 0 Å². The standard InChI is InChI=1S/C13H19N3/c1-2-3-4-8-16-10-11(9-14)12-6-5-7-15-13(12)16/h5-7,10H,2-4,8-9,14H2,1H3. The maximum Gasteiger partial charge on any atom is 0.140 e. The van der Waals surface area contributed by atoms with E-state index in [0.717, 1.165) is 12.2 Å². The number of pyridine rings is 1. The second kappa shape index (κ2) is 5.12. The summed E-state index contributed by atoms with van der Waals surface area (Å²) in [6.45, 7) is 3.85. The van der Waals surface area contributed by atoms with Gasteiger partial charge in [0.25, 0.3) is 0 Å². The number of unbranched alkanes of at least 4 members (excludes halogenated alkanes) is 2. The van der Waals surface area contributed by atoms with Crippen LogP contribution in [0, 0.1) is 0 Å². The van der Waals surface area contributed by atoms with E-state index in [0.29, 0.717) is 6.54 Å². The molecule has 2 heterocycles. The van der Waals surface area contributed by atoms with Crippen LogP contribution in [0.1, 0.15) is 31.7 Å². The zero-order valence-corrected chi connectivity index (χ0v) is 9.82. The normalized spacial score (nSPS) is 11.1. The summed E-state index contributed by atoms with van der Waals surface area (Å²) in [5, 5.41) is 1.20. The van der Waals surface area contributed by atoms with Crippen molar-refractivity contribution >= 4 is 11.0 Å². The molecule has 2 aromatic rings. The van der Waals surface area contributed by atoms with E-state index in [1.807, 2.05) is 12.3 Å². The molecule has 3 nitrogen and oxygen atoms in total. The zero-order chi connectivity index (χ0) is 11.4. The van der Waals surface area contributed by atoms with Gasteiger partial charge in [0, 0.05) is 30.9 Å². The van der Waals surface area contributed by atoms with Gasteiger partial charge in [0.2, 0.25) is 0 Å². The summed E-state index contributed by atoms with van der Waals surface area (Å²) in [5.74, 6) is 0. The van der Waals surface area contributed by atoms with E-state index in [1.165, 1.54) is 30.2 Å². The van der Waals surface area contributed by atoms with Crippen molar-refractivity contribution in [1.29, 1.82) is 0 Å². The highest BCUT2D eigenvalue weighted by Gasteiger charge is 2.06. The minimum absolute atomic E-state index is 0.586. The maximum absolute atomic E-state index is 5.74. The molecule has 0 radical (unpaired) electrons. The highest BCUT2D eigenvalue weighted by molar-refractivity contribution is 5.80. The lowest BCUT2D eigenvalue weighted by Gasteiger charge is -2.02. The topological polar surface area (TPSA) is 43.8 Å². The summed E-state index contributed by atoms with van der Waals surface area (Å²) in [5.41, 5.74) is 8.01. The van der Waals surface area contributed by atoms with Crippen LogP contribution >= 0.6 is 0 Å². The molecule has 0 aliphatic carbocycles. The van der Waals surface area contributed by atoms with Crippen molar-refractivity contribution in [1.82, 2.24) is 9.55 Å². The van der Waals surface area contributed by atoms with E-state index >= 15 is 0 Å². The van der Waals surface area contributed by atoms with Gasteiger partial charge in [0.15, 0.2) is 0 Å². The van der Waals surface area contributed by atoms with Crippen LogP contribution in [0.25, 0.3) is 11.0 Å². The van der Waals surface area contributed by atoms with E-state index in [9.17, 15) is 0 Å². The lowest BCUT2D eigenvalue weighted by atomic mass is 10.2. The summed E-state index contributed by atoms with van der Waals surface area (Å²) < 4.78 is 2.23. The number of nitrogens with zero attached hydrogens (tertiary/aromatic N) is 2. The van der Waals surface area contributed by atoms with E-state index < -0.39 is 0 Å². The molecule has 0 aliphatic rings. The molecule has 2 N–H and O–H groups in total. The molecule has 86 valence electrons. The molecule has 2 rings (SSSR count). The number of aryl methyl sites for hydroxylation is 1. The van der Waals surface area contributed by atoms with Crippen LogP contribution in [-0.2, 0) is 13.1 Å². The van der Waals surface area contributed by atoms with E-state index in [2.05, 4.69) is 28.7 Å². The molecule has 16 heavy (non-hydrogen) atoms. The van der Waals surface area contributed by atoms with Crippen LogP contribution in [0.15, 0.2) is 24.5 Å². The first kappa shape index (κ1) is 11.1. The molecule has 0 fully saturated rings. The Labute approximate surface area is 96.3 Å². The second-order valence-corrected chi connectivity index (χ2v) is 4.13. The Morgan fingerprint density at radius 1 is 1.38 bits per heavy atom. The number of aromatic nitrogens is 2. The van der Waals surface area contributed by atoms with Gasteiger partial charge in [-0.15, -0.1) is 0 Å². The molecule has 2 aromatic heterocycles. The van der Waals surface area contributed by atoms with Crippen molar-refractivity contribution in [2.45, 2.75) is 39.3 Å². The van der Waals surface area contributed by atoms with E-state index in [-0.39, 0.29) is 0 Å². The summed E-state index contributed by atoms with van der Waals surface area (Å²) >= 11 is 0. The van der Waals surface area contributed by atoms with Crippen molar-refractivity contribution in [3.8, 4) is 0 Å². The largest absolute Gasteiger partial charge is 0.332 e. The molecule has 0 aromatic carbocycles. The average Bonchev–Trinajstić information content (AvgIpc) is 2.68. The maximum atomic E-state index is 5.74. The molecule has 0 saturated carbocycles. The molecule has 3 heteroatoms. The minimum Gasteiger partial charge on any atom is -0.332 e. The fourth-order valence-electron chi connectivity index (χ4n) is 2.06. The van der Waals surface area contributed by atoms with Gasteiger partial charge < -0.3 is 10.3 Å². The third-order valence-electron chi connectivity index (χ3n) is 2.94. The molecule has 0 unspecified atom stereocenters. The van der Waals surface area contributed by atoms with Crippen molar-refractivity contribution in [2.75, 3.05) is 0 Å². The molecule has 0 spiro atoms. The van der Waals surface area contributed by atoms with Crippen LogP contribution in [0.5, 0.6) is 0 Å². The Kier molecular flexibility index (Phi) is 3.57. The molecule has 0 saturated heterocycles. The third-order valence-corrected chi connectivity index (χ3v) is 2.94. The quantitative estimate of drug-likeness (QED) is 0.782. The van der Waals surface area contributed by atoms with Gasteiger partial charge in [-0.25, -0.2) is 4.98 Å². The average molecular weight is 217 g/mol. The van der Waals surface area contributed by atoms with Crippen LogP contribution in [-0.4, -0.2) is 9.55 Å². The minimum atomic E-state index is 0.586. The first-order valence-electron chi connectivity index (χ1n) is 5.99. The predicted octanol–water partition coefficient (Wildman–Crippen LogP) is 2.69. The van der Waals surface area contributed by atoms with E-state index in [4.69, 9.17) is 5.73 Å². The number of hydrogen-bond acceptors (Lipinski definition) is 2. The van der Waals surface area contributed by atoms with Gasteiger partial charge in [-0.3, -0.25) is 0 Å². The van der Waals surface area contributed by atoms with Gasteiger partial charge in [-0.2, -0.15) is 0 Å². The SMILES string of the molecule is CCCCCn1cc(CN)c2cccnc21. The molecule has 0 bridgehead atoms. The van der Waals surface area contributed by atoms with Gasteiger partial charge in [-0.1, -0.05) is 19.8 Å². The van der Waals surface area contributed by atoms with Crippen molar-refractivity contribution in [3.63, 3.8) is 0 Å². The molecule has 0 atom stereocenters. The highest BCUT2D eigenvalue weighted by atomic mass is 15.0.